The van der Waals surface area contributed by atoms with E-state index in [4.69, 9.17) is 0 Å². The van der Waals surface area contributed by atoms with Gasteiger partial charge >= 0.3 is 0 Å². The van der Waals surface area contributed by atoms with Crippen LogP contribution in [0, 0.1) is 13.8 Å². The molecule has 1 atom stereocenters. The van der Waals surface area contributed by atoms with E-state index >= 15 is 0 Å². The zero-order valence-electron chi connectivity index (χ0n) is 13.1. The molecule has 1 unspecified atom stereocenters. The molecule has 2 heteroatoms. The normalized spacial score (nSPS) is 20.7. The number of rotatable bonds is 4. The summed E-state index contributed by atoms with van der Waals surface area (Å²) >= 11 is 0. The molecule has 1 heterocycles. The smallest absolute Gasteiger partial charge is 0.0449 e. The summed E-state index contributed by atoms with van der Waals surface area (Å²) in [5.41, 5.74) is 4.54. The molecule has 0 spiro atoms. The fourth-order valence-corrected chi connectivity index (χ4v) is 3.20. The molecule has 19 heavy (non-hydrogen) atoms. The van der Waals surface area contributed by atoms with Crippen molar-refractivity contribution in [2.75, 3.05) is 20.1 Å². The van der Waals surface area contributed by atoms with Crippen LogP contribution in [0.5, 0.6) is 0 Å². The molecular weight excluding hydrogens is 232 g/mol. The van der Waals surface area contributed by atoms with Gasteiger partial charge in [-0.2, -0.15) is 0 Å². The van der Waals surface area contributed by atoms with Gasteiger partial charge in [-0.15, -0.1) is 0 Å². The van der Waals surface area contributed by atoms with E-state index in [0.29, 0.717) is 11.6 Å². The summed E-state index contributed by atoms with van der Waals surface area (Å²) in [5.74, 6) is 0. The van der Waals surface area contributed by atoms with E-state index in [1.807, 2.05) is 0 Å². The molecule has 106 valence electrons. The second-order valence-corrected chi connectivity index (χ2v) is 6.56. The molecule has 2 nitrogen and oxygen atoms in total. The predicted octanol–water partition coefficient (Wildman–Crippen LogP) is 3.44. The van der Waals surface area contributed by atoms with Gasteiger partial charge < -0.3 is 5.32 Å². The minimum Gasteiger partial charge on any atom is -0.312 e. The summed E-state index contributed by atoms with van der Waals surface area (Å²) in [6, 6.07) is 7.20. The number of hydrogen-bond acceptors (Lipinski definition) is 2. The molecule has 0 amide bonds. The zero-order chi connectivity index (χ0) is 14.0. The maximum Gasteiger partial charge on any atom is 0.0449 e. The monoisotopic (exact) mass is 260 g/mol. The Balaban J connectivity index is 2.18. The van der Waals surface area contributed by atoms with Gasteiger partial charge in [0.1, 0.15) is 0 Å². The molecule has 1 aromatic carbocycles. The second-order valence-electron chi connectivity index (χ2n) is 6.56. The molecule has 1 fully saturated rings. The lowest BCUT2D eigenvalue weighted by Crippen LogP contribution is -2.43. The van der Waals surface area contributed by atoms with Crippen LogP contribution in [0.3, 0.4) is 0 Å². The molecule has 1 aliphatic heterocycles. The van der Waals surface area contributed by atoms with Crippen LogP contribution in [0.1, 0.15) is 49.4 Å². The van der Waals surface area contributed by atoms with Crippen molar-refractivity contribution < 1.29 is 0 Å². The first-order chi connectivity index (χ1) is 8.94. The molecule has 0 aliphatic carbocycles. The highest BCUT2D eigenvalue weighted by Crippen LogP contribution is 2.31. The van der Waals surface area contributed by atoms with Crippen LogP contribution in [0.4, 0.5) is 0 Å². The molecule has 1 aromatic rings. The summed E-state index contributed by atoms with van der Waals surface area (Å²) in [6.07, 6.45) is 2.65. The largest absolute Gasteiger partial charge is 0.312 e. The molecule has 1 N–H and O–H groups in total. The van der Waals surface area contributed by atoms with Gasteiger partial charge in [0.2, 0.25) is 0 Å². The van der Waals surface area contributed by atoms with E-state index in [1.165, 1.54) is 36.1 Å². The molecule has 0 radical (unpaired) electrons. The summed E-state index contributed by atoms with van der Waals surface area (Å²) in [4.78, 5) is 2.63. The lowest BCUT2D eigenvalue weighted by atomic mass is 9.96. The summed E-state index contributed by atoms with van der Waals surface area (Å²) in [7, 11) is 2.08. The Morgan fingerprint density at radius 2 is 2.05 bits per heavy atom. The summed E-state index contributed by atoms with van der Waals surface area (Å²) in [5, 5.41) is 3.51. The van der Waals surface area contributed by atoms with Crippen molar-refractivity contribution in [1.29, 1.82) is 0 Å². The number of likely N-dealkylation sites (N-methyl/N-ethyl adjacent to an activating group) is 1. The fraction of sp³-hybridized carbons (Fsp3) is 0.647. The van der Waals surface area contributed by atoms with E-state index in [-0.39, 0.29) is 0 Å². The number of likely N-dealkylation sites (tertiary alicyclic amines) is 1. The van der Waals surface area contributed by atoms with E-state index in [0.717, 1.165) is 6.54 Å². The van der Waals surface area contributed by atoms with Crippen LogP contribution in [0.2, 0.25) is 0 Å². The summed E-state index contributed by atoms with van der Waals surface area (Å²) in [6.45, 7) is 11.5. The van der Waals surface area contributed by atoms with Crippen molar-refractivity contribution >= 4 is 0 Å². The van der Waals surface area contributed by atoms with Gasteiger partial charge in [-0.1, -0.05) is 23.8 Å². The number of aryl methyl sites for hydroxylation is 2. The van der Waals surface area contributed by atoms with Crippen LogP contribution < -0.4 is 5.32 Å². The molecular formula is C17H28N2. The van der Waals surface area contributed by atoms with E-state index < -0.39 is 0 Å². The number of nitrogens with one attached hydrogen (secondary N) is 1. The third-order valence-corrected chi connectivity index (χ3v) is 4.63. The fourth-order valence-electron chi connectivity index (χ4n) is 3.20. The van der Waals surface area contributed by atoms with Crippen molar-refractivity contribution in [3.05, 3.63) is 34.9 Å². The third kappa shape index (κ3) is 3.18. The average molecular weight is 260 g/mol. The standard InChI is InChI=1S/C17H28N2/c1-13-7-8-14(2)15(11-13)16(18-5)12-19-10-6-9-17(19,3)4/h7-8,11,16,18H,6,9-10,12H2,1-5H3. The van der Waals surface area contributed by atoms with Crippen molar-refractivity contribution in [3.8, 4) is 0 Å². The minimum atomic E-state index is 0.354. The highest BCUT2D eigenvalue weighted by molar-refractivity contribution is 5.33. The van der Waals surface area contributed by atoms with Gasteiger partial charge in [-0.3, -0.25) is 4.90 Å². The minimum absolute atomic E-state index is 0.354. The second kappa shape index (κ2) is 5.64. The highest BCUT2D eigenvalue weighted by Gasteiger charge is 2.33. The van der Waals surface area contributed by atoms with Crippen LogP contribution in [-0.4, -0.2) is 30.6 Å². The molecule has 1 saturated heterocycles. The van der Waals surface area contributed by atoms with Crippen molar-refractivity contribution in [2.24, 2.45) is 0 Å². The molecule has 2 rings (SSSR count). The van der Waals surface area contributed by atoms with Gasteiger partial charge in [-0.25, -0.2) is 0 Å². The van der Waals surface area contributed by atoms with Crippen LogP contribution in [0.25, 0.3) is 0 Å². The summed E-state index contributed by atoms with van der Waals surface area (Å²) < 4.78 is 0. The molecule has 1 aliphatic rings. The first-order valence-electron chi connectivity index (χ1n) is 7.43. The zero-order valence-corrected chi connectivity index (χ0v) is 13.1. The Labute approximate surface area is 118 Å². The quantitative estimate of drug-likeness (QED) is 0.892. The van der Waals surface area contributed by atoms with Crippen molar-refractivity contribution in [2.45, 2.75) is 52.1 Å². The Morgan fingerprint density at radius 3 is 2.63 bits per heavy atom. The Bertz CT molecular complexity index is 437. The van der Waals surface area contributed by atoms with E-state index in [2.05, 4.69) is 63.2 Å². The Kier molecular flexibility index (Phi) is 4.32. The molecule has 0 saturated carbocycles. The lowest BCUT2D eigenvalue weighted by molar-refractivity contribution is 0.158. The van der Waals surface area contributed by atoms with Crippen LogP contribution >= 0.6 is 0 Å². The topological polar surface area (TPSA) is 15.3 Å². The number of hydrogen-bond donors (Lipinski definition) is 1. The Morgan fingerprint density at radius 1 is 1.32 bits per heavy atom. The van der Waals surface area contributed by atoms with Gasteiger partial charge in [0, 0.05) is 18.1 Å². The van der Waals surface area contributed by atoms with E-state index in [9.17, 15) is 0 Å². The van der Waals surface area contributed by atoms with Gasteiger partial charge in [0.15, 0.2) is 0 Å². The first-order valence-corrected chi connectivity index (χ1v) is 7.43. The van der Waals surface area contributed by atoms with Crippen LogP contribution in [0.15, 0.2) is 18.2 Å². The maximum atomic E-state index is 3.51. The predicted molar refractivity (Wildman–Crippen MR) is 82.6 cm³/mol. The van der Waals surface area contributed by atoms with Gasteiger partial charge in [0.25, 0.3) is 0 Å². The number of benzene rings is 1. The average Bonchev–Trinajstić information content (AvgIpc) is 2.69. The maximum absolute atomic E-state index is 3.51. The molecule has 0 bridgehead atoms. The van der Waals surface area contributed by atoms with Crippen molar-refractivity contribution in [1.82, 2.24) is 10.2 Å². The third-order valence-electron chi connectivity index (χ3n) is 4.63. The van der Waals surface area contributed by atoms with Gasteiger partial charge in [-0.05, 0) is 65.3 Å². The first kappa shape index (κ1) is 14.5. The number of nitrogens with zero attached hydrogens (tertiary/aromatic N) is 1. The SMILES string of the molecule is CNC(CN1CCCC1(C)C)c1cc(C)ccc1C. The Hall–Kier alpha value is -0.860. The molecule has 0 aromatic heterocycles. The lowest BCUT2D eigenvalue weighted by Gasteiger charge is -2.35. The van der Waals surface area contributed by atoms with Crippen LogP contribution in [-0.2, 0) is 0 Å². The van der Waals surface area contributed by atoms with Gasteiger partial charge in [0.05, 0.1) is 0 Å². The van der Waals surface area contributed by atoms with E-state index in [1.54, 1.807) is 0 Å². The van der Waals surface area contributed by atoms with Crippen molar-refractivity contribution in [3.63, 3.8) is 0 Å². The highest BCUT2D eigenvalue weighted by atomic mass is 15.2.